The zero-order valence-electron chi connectivity index (χ0n) is 7.88. The number of nitrogens with zero attached hydrogens (tertiary/aromatic N) is 2. The Morgan fingerprint density at radius 3 is 2.18 bits per heavy atom. The van der Waals surface area contributed by atoms with Gasteiger partial charge in [-0.2, -0.15) is 0 Å². The highest BCUT2D eigenvalue weighted by Gasteiger charge is 1.97. The first-order valence-electron chi connectivity index (χ1n) is 4.33. The minimum absolute atomic E-state index is 1.03. The van der Waals surface area contributed by atoms with Crippen LogP contribution in [0.15, 0.2) is 0 Å². The van der Waals surface area contributed by atoms with Gasteiger partial charge in [0.1, 0.15) is 0 Å². The highest BCUT2D eigenvalue weighted by atomic mass is 32.1. The van der Waals surface area contributed by atoms with Gasteiger partial charge in [0.25, 0.3) is 0 Å². The van der Waals surface area contributed by atoms with Gasteiger partial charge in [-0.25, -0.2) is 0 Å². The van der Waals surface area contributed by atoms with Crippen LogP contribution >= 0.6 is 12.8 Å². The molecule has 0 radical (unpaired) electrons. The zero-order valence-corrected chi connectivity index (χ0v) is 8.77. The van der Waals surface area contributed by atoms with E-state index in [1.165, 1.54) is 13.0 Å². The molecule has 0 N–H and O–H groups in total. The maximum Gasteiger partial charge on any atom is 0.00990 e. The van der Waals surface area contributed by atoms with Gasteiger partial charge >= 0.3 is 0 Å². The smallest absolute Gasteiger partial charge is 0.00990 e. The van der Waals surface area contributed by atoms with Crippen molar-refractivity contribution in [1.29, 1.82) is 0 Å². The van der Waals surface area contributed by atoms with Crippen LogP contribution in [-0.4, -0.2) is 42.4 Å². The molecule has 0 heterocycles. The molecule has 2 nitrogen and oxygen atoms in total. The third-order valence-electron chi connectivity index (χ3n) is 1.86. The maximum atomic E-state index is 4.28. The van der Waals surface area contributed by atoms with Gasteiger partial charge in [0.05, 0.1) is 0 Å². The molecule has 0 aliphatic rings. The van der Waals surface area contributed by atoms with Gasteiger partial charge in [0, 0.05) is 13.1 Å². The molecule has 3 heteroatoms. The van der Waals surface area contributed by atoms with Crippen molar-refractivity contribution < 1.29 is 0 Å². The Hall–Kier alpha value is 0.270. The Bertz CT molecular complexity index is 78.2. The van der Waals surface area contributed by atoms with Crippen molar-refractivity contribution in [3.8, 4) is 0 Å². The van der Waals surface area contributed by atoms with Crippen LogP contribution in [0.5, 0.6) is 0 Å². The lowest BCUT2D eigenvalue weighted by Gasteiger charge is -2.16. The first kappa shape index (κ1) is 11.3. The van der Waals surface area contributed by atoms with Crippen LogP contribution in [0, 0.1) is 0 Å². The van der Waals surface area contributed by atoms with E-state index >= 15 is 0 Å². The monoisotopic (exact) mass is 176 g/mol. The molecule has 0 fully saturated rings. The van der Waals surface area contributed by atoms with E-state index in [0.29, 0.717) is 0 Å². The lowest BCUT2D eigenvalue weighted by atomic mass is 10.4. The van der Waals surface area contributed by atoms with E-state index in [-0.39, 0.29) is 0 Å². The van der Waals surface area contributed by atoms with E-state index in [0.717, 1.165) is 19.6 Å². The number of hydrogen-bond acceptors (Lipinski definition) is 3. The van der Waals surface area contributed by atoms with Gasteiger partial charge in [0.15, 0.2) is 0 Å². The second-order valence-corrected chi connectivity index (χ2v) is 3.36. The standard InChI is InChI=1S/C8H20N2S/c1-4-9(3)7-6-8-10(11)5-2/h11H,4-8H2,1-3H3. The van der Waals surface area contributed by atoms with Gasteiger partial charge in [0.2, 0.25) is 0 Å². The lowest BCUT2D eigenvalue weighted by Crippen LogP contribution is -2.23. The molecule has 0 amide bonds. The van der Waals surface area contributed by atoms with Crippen molar-refractivity contribution in [2.75, 3.05) is 33.2 Å². The summed E-state index contributed by atoms with van der Waals surface area (Å²) in [5.74, 6) is 0. The molecular weight excluding hydrogens is 156 g/mol. The van der Waals surface area contributed by atoms with Crippen LogP contribution in [0.25, 0.3) is 0 Å². The molecule has 0 unspecified atom stereocenters. The molecule has 0 saturated heterocycles. The summed E-state index contributed by atoms with van der Waals surface area (Å²) < 4.78 is 2.05. The summed E-state index contributed by atoms with van der Waals surface area (Å²) in [5.41, 5.74) is 0. The third kappa shape index (κ3) is 6.66. The van der Waals surface area contributed by atoms with E-state index in [2.05, 4.69) is 38.6 Å². The van der Waals surface area contributed by atoms with Crippen molar-refractivity contribution in [2.45, 2.75) is 20.3 Å². The predicted molar refractivity (Wildman–Crippen MR) is 54.0 cm³/mol. The Balaban J connectivity index is 3.13. The van der Waals surface area contributed by atoms with Crippen molar-refractivity contribution in [3.63, 3.8) is 0 Å². The van der Waals surface area contributed by atoms with Gasteiger partial charge in [-0.1, -0.05) is 26.7 Å². The second-order valence-electron chi connectivity index (χ2n) is 2.80. The Kier molecular flexibility index (Phi) is 7.12. The van der Waals surface area contributed by atoms with Gasteiger partial charge in [-0.15, -0.1) is 0 Å². The lowest BCUT2D eigenvalue weighted by molar-refractivity contribution is 0.330. The maximum absolute atomic E-state index is 4.28. The Morgan fingerprint density at radius 1 is 1.09 bits per heavy atom. The van der Waals surface area contributed by atoms with E-state index < -0.39 is 0 Å². The van der Waals surface area contributed by atoms with Crippen LogP contribution < -0.4 is 0 Å². The molecule has 0 aromatic rings. The first-order valence-corrected chi connectivity index (χ1v) is 4.73. The Morgan fingerprint density at radius 2 is 1.73 bits per heavy atom. The molecule has 0 saturated carbocycles. The van der Waals surface area contributed by atoms with Crippen molar-refractivity contribution >= 4 is 12.8 Å². The minimum atomic E-state index is 1.03. The van der Waals surface area contributed by atoms with Crippen molar-refractivity contribution in [2.24, 2.45) is 0 Å². The fourth-order valence-corrected chi connectivity index (χ4v) is 0.981. The topological polar surface area (TPSA) is 6.48 Å². The average Bonchev–Trinajstić information content (AvgIpc) is 2.04. The number of hydrogen-bond donors (Lipinski definition) is 1. The highest BCUT2D eigenvalue weighted by Crippen LogP contribution is 1.95. The van der Waals surface area contributed by atoms with Crippen LogP contribution in [0.2, 0.25) is 0 Å². The molecule has 0 aliphatic heterocycles. The highest BCUT2D eigenvalue weighted by molar-refractivity contribution is 7.77. The molecule has 11 heavy (non-hydrogen) atoms. The average molecular weight is 176 g/mol. The van der Waals surface area contributed by atoms with Crippen LogP contribution in [0.1, 0.15) is 20.3 Å². The zero-order chi connectivity index (χ0) is 8.69. The van der Waals surface area contributed by atoms with E-state index in [4.69, 9.17) is 0 Å². The van der Waals surface area contributed by atoms with Crippen molar-refractivity contribution in [1.82, 2.24) is 9.21 Å². The van der Waals surface area contributed by atoms with E-state index in [9.17, 15) is 0 Å². The molecule has 0 atom stereocenters. The Labute approximate surface area is 76.1 Å². The molecule has 0 aromatic carbocycles. The minimum Gasteiger partial charge on any atom is -0.307 e. The normalized spacial score (nSPS) is 11.5. The van der Waals surface area contributed by atoms with Crippen LogP contribution in [0.3, 0.4) is 0 Å². The van der Waals surface area contributed by atoms with Crippen LogP contribution in [-0.2, 0) is 0 Å². The van der Waals surface area contributed by atoms with Crippen LogP contribution in [0.4, 0.5) is 0 Å². The fourth-order valence-electron chi connectivity index (χ4n) is 0.839. The molecule has 0 spiro atoms. The molecule has 0 aliphatic carbocycles. The summed E-state index contributed by atoms with van der Waals surface area (Å²) in [7, 11) is 2.15. The summed E-state index contributed by atoms with van der Waals surface area (Å²) in [6.07, 6.45) is 1.21. The summed E-state index contributed by atoms with van der Waals surface area (Å²) in [5, 5.41) is 0. The predicted octanol–water partition coefficient (Wildman–Crippen LogP) is 1.49. The van der Waals surface area contributed by atoms with Gasteiger partial charge in [-0.3, -0.25) is 4.31 Å². The van der Waals surface area contributed by atoms with Gasteiger partial charge in [-0.05, 0) is 26.6 Å². The number of thiol groups is 1. The summed E-state index contributed by atoms with van der Waals surface area (Å²) in [6.45, 7) is 8.73. The van der Waals surface area contributed by atoms with Gasteiger partial charge < -0.3 is 4.90 Å². The summed E-state index contributed by atoms with van der Waals surface area (Å²) in [4.78, 5) is 2.32. The SMILES string of the molecule is CCN(C)CCCN(S)CC. The van der Waals surface area contributed by atoms with E-state index in [1.807, 2.05) is 4.31 Å². The largest absolute Gasteiger partial charge is 0.307 e. The molecule has 68 valence electrons. The third-order valence-corrected chi connectivity index (χ3v) is 2.34. The molecule has 0 rings (SSSR count). The molecule has 0 bridgehead atoms. The quantitative estimate of drug-likeness (QED) is 0.613. The molecular formula is C8H20N2S. The van der Waals surface area contributed by atoms with Crippen molar-refractivity contribution in [3.05, 3.63) is 0 Å². The summed E-state index contributed by atoms with van der Waals surface area (Å²) >= 11 is 4.28. The second kappa shape index (κ2) is 6.95. The number of rotatable bonds is 6. The fraction of sp³-hybridized carbons (Fsp3) is 1.00. The van der Waals surface area contributed by atoms with E-state index in [1.54, 1.807) is 0 Å². The first-order chi connectivity index (χ1) is 5.20. The summed E-state index contributed by atoms with van der Waals surface area (Å²) in [6, 6.07) is 0. The molecule has 0 aromatic heterocycles.